The number of carboxylic acids is 2. The van der Waals surface area contributed by atoms with Crippen molar-refractivity contribution in [3.63, 3.8) is 0 Å². The zero-order valence-electron chi connectivity index (χ0n) is 12.9. The molecule has 0 aliphatic heterocycles. The highest BCUT2D eigenvalue weighted by atomic mass is 16.4. The number of nitrogens with one attached hydrogen (secondary N) is 2. The van der Waals surface area contributed by atoms with E-state index in [0.29, 0.717) is 0 Å². The zero-order chi connectivity index (χ0) is 17.1. The van der Waals surface area contributed by atoms with E-state index in [1.807, 2.05) is 12.2 Å². The number of unbranched alkanes of at least 4 members (excludes halogenated alkanes) is 1. The highest BCUT2D eigenvalue weighted by Crippen LogP contribution is 1.86. The van der Waals surface area contributed by atoms with Crippen LogP contribution in [0.1, 0.15) is 25.7 Å². The minimum Gasteiger partial charge on any atom is -0.481 e. The summed E-state index contributed by atoms with van der Waals surface area (Å²) in [5.74, 6) is -2.15. The van der Waals surface area contributed by atoms with Crippen molar-refractivity contribution in [2.75, 3.05) is 26.2 Å². The fourth-order valence-electron chi connectivity index (χ4n) is 1.21. The molecule has 22 heavy (non-hydrogen) atoms. The van der Waals surface area contributed by atoms with Crippen LogP contribution in [0.15, 0.2) is 36.8 Å². The van der Waals surface area contributed by atoms with Crippen molar-refractivity contribution in [3.05, 3.63) is 36.8 Å². The second-order valence-electron chi connectivity index (χ2n) is 4.22. The van der Waals surface area contributed by atoms with Crippen molar-refractivity contribution in [1.29, 1.82) is 0 Å². The summed E-state index contributed by atoms with van der Waals surface area (Å²) in [6, 6.07) is 0. The van der Waals surface area contributed by atoms with Gasteiger partial charge in [-0.05, 0) is 38.1 Å². The van der Waals surface area contributed by atoms with Crippen LogP contribution in [-0.4, -0.2) is 48.3 Å². The third-order valence-corrected chi connectivity index (χ3v) is 2.29. The number of aliphatic carboxylic acids is 2. The van der Waals surface area contributed by atoms with Gasteiger partial charge in [0.05, 0.1) is 12.8 Å². The lowest BCUT2D eigenvalue weighted by molar-refractivity contribution is -0.143. The molecule has 0 amide bonds. The molecule has 0 saturated carbocycles. The predicted molar refractivity (Wildman–Crippen MR) is 86.9 cm³/mol. The van der Waals surface area contributed by atoms with E-state index in [1.54, 1.807) is 0 Å². The molecule has 0 aliphatic rings. The SMILES string of the molecule is C=C=CCNCCCCNCC=C=C.O=C(O)CCC(=O)O. The summed E-state index contributed by atoms with van der Waals surface area (Å²) < 4.78 is 0. The summed E-state index contributed by atoms with van der Waals surface area (Å²) in [6.45, 7) is 10.8. The van der Waals surface area contributed by atoms with E-state index in [-0.39, 0.29) is 12.8 Å². The number of carbonyl (C=O) groups is 2. The lowest BCUT2D eigenvalue weighted by Gasteiger charge is -2.02. The number of carboxylic acid groups (broad SMARTS) is 2. The molecule has 0 aliphatic carbocycles. The first kappa shape index (κ1) is 22.2. The molecule has 0 aromatic heterocycles. The van der Waals surface area contributed by atoms with Crippen LogP contribution in [0.5, 0.6) is 0 Å². The molecule has 0 rings (SSSR count). The maximum atomic E-state index is 9.64. The monoisotopic (exact) mass is 310 g/mol. The summed E-state index contributed by atoms with van der Waals surface area (Å²) in [4.78, 5) is 19.3. The molecule has 124 valence electrons. The smallest absolute Gasteiger partial charge is 0.303 e. The van der Waals surface area contributed by atoms with Crippen molar-refractivity contribution in [3.8, 4) is 0 Å². The largest absolute Gasteiger partial charge is 0.481 e. The highest BCUT2D eigenvalue weighted by Gasteiger charge is 2.00. The van der Waals surface area contributed by atoms with Gasteiger partial charge >= 0.3 is 11.9 Å². The van der Waals surface area contributed by atoms with Crippen LogP contribution < -0.4 is 10.6 Å². The first-order chi connectivity index (χ1) is 10.5. The van der Waals surface area contributed by atoms with Gasteiger partial charge in [-0.2, -0.15) is 0 Å². The van der Waals surface area contributed by atoms with E-state index < -0.39 is 11.9 Å². The van der Waals surface area contributed by atoms with Crippen LogP contribution in [-0.2, 0) is 9.59 Å². The van der Waals surface area contributed by atoms with Gasteiger partial charge < -0.3 is 20.8 Å². The second-order valence-corrected chi connectivity index (χ2v) is 4.22. The van der Waals surface area contributed by atoms with Gasteiger partial charge in [0.1, 0.15) is 0 Å². The Hall–Kier alpha value is -2.10. The van der Waals surface area contributed by atoms with E-state index >= 15 is 0 Å². The van der Waals surface area contributed by atoms with Crippen molar-refractivity contribution in [2.45, 2.75) is 25.7 Å². The van der Waals surface area contributed by atoms with Crippen LogP contribution in [0.4, 0.5) is 0 Å². The van der Waals surface area contributed by atoms with E-state index in [2.05, 4.69) is 35.3 Å². The summed E-state index contributed by atoms with van der Waals surface area (Å²) in [6.07, 6.45) is 5.58. The van der Waals surface area contributed by atoms with Crippen LogP contribution in [0.2, 0.25) is 0 Å². The molecule has 6 nitrogen and oxygen atoms in total. The van der Waals surface area contributed by atoms with Gasteiger partial charge in [-0.1, -0.05) is 13.2 Å². The molecule has 0 aromatic carbocycles. The Labute approximate surface area is 131 Å². The van der Waals surface area contributed by atoms with E-state index in [4.69, 9.17) is 10.2 Å². The van der Waals surface area contributed by atoms with Gasteiger partial charge in [0, 0.05) is 13.1 Å². The Morgan fingerprint density at radius 2 is 1.23 bits per heavy atom. The fourth-order valence-corrected chi connectivity index (χ4v) is 1.21. The summed E-state index contributed by atoms with van der Waals surface area (Å²) in [5, 5.41) is 22.3. The standard InChI is InChI=1S/C12H20N2.C4H6O4/c1-3-5-9-13-11-7-8-12-14-10-6-4-2;5-3(6)1-2-4(7)8/h5-6,13-14H,1-2,7-12H2;1-2H2,(H,5,6)(H,7,8). The number of hydrogen-bond acceptors (Lipinski definition) is 4. The summed E-state index contributed by atoms with van der Waals surface area (Å²) in [7, 11) is 0. The lowest BCUT2D eigenvalue weighted by Crippen LogP contribution is -2.18. The molecule has 0 atom stereocenters. The predicted octanol–water partition coefficient (Wildman–Crippen LogP) is 1.56. The Balaban J connectivity index is 0. The van der Waals surface area contributed by atoms with E-state index in [9.17, 15) is 9.59 Å². The molecule has 0 unspecified atom stereocenters. The quantitative estimate of drug-likeness (QED) is 0.322. The third kappa shape index (κ3) is 26.5. The van der Waals surface area contributed by atoms with Crippen LogP contribution in [0.3, 0.4) is 0 Å². The van der Waals surface area contributed by atoms with Gasteiger partial charge in [-0.3, -0.25) is 9.59 Å². The minimum absolute atomic E-state index is 0.296. The lowest BCUT2D eigenvalue weighted by atomic mass is 10.3. The zero-order valence-corrected chi connectivity index (χ0v) is 12.9. The number of rotatable bonds is 12. The maximum absolute atomic E-state index is 9.64. The molecular weight excluding hydrogens is 284 g/mol. The first-order valence-corrected chi connectivity index (χ1v) is 7.08. The molecular formula is C16H26N2O4. The minimum atomic E-state index is -1.08. The third-order valence-electron chi connectivity index (χ3n) is 2.29. The Morgan fingerprint density at radius 3 is 1.50 bits per heavy atom. The molecule has 0 bridgehead atoms. The van der Waals surface area contributed by atoms with Gasteiger partial charge in [-0.25, -0.2) is 0 Å². The molecule has 0 aromatic rings. The molecule has 0 heterocycles. The van der Waals surface area contributed by atoms with Crippen molar-refractivity contribution < 1.29 is 19.8 Å². The average Bonchev–Trinajstić information content (AvgIpc) is 2.48. The molecule has 0 spiro atoms. The van der Waals surface area contributed by atoms with E-state index in [0.717, 1.165) is 26.2 Å². The van der Waals surface area contributed by atoms with Crippen LogP contribution >= 0.6 is 0 Å². The second kappa shape index (κ2) is 18.9. The van der Waals surface area contributed by atoms with Gasteiger partial charge in [0.2, 0.25) is 0 Å². The van der Waals surface area contributed by atoms with E-state index in [1.165, 1.54) is 12.8 Å². The summed E-state index contributed by atoms with van der Waals surface area (Å²) in [5.41, 5.74) is 5.45. The van der Waals surface area contributed by atoms with Gasteiger partial charge in [-0.15, -0.1) is 11.5 Å². The highest BCUT2D eigenvalue weighted by molar-refractivity contribution is 5.75. The Kier molecular flexibility index (Phi) is 19.1. The molecule has 6 heteroatoms. The Bertz CT molecular complexity index is 357. The first-order valence-electron chi connectivity index (χ1n) is 7.08. The molecule has 0 radical (unpaired) electrons. The van der Waals surface area contributed by atoms with Crippen molar-refractivity contribution in [1.82, 2.24) is 10.6 Å². The fraction of sp³-hybridized carbons (Fsp3) is 0.500. The Morgan fingerprint density at radius 1 is 0.864 bits per heavy atom. The molecule has 4 N–H and O–H groups in total. The molecule has 0 fully saturated rings. The maximum Gasteiger partial charge on any atom is 0.303 e. The van der Waals surface area contributed by atoms with Gasteiger partial charge in [0.25, 0.3) is 0 Å². The topological polar surface area (TPSA) is 98.7 Å². The van der Waals surface area contributed by atoms with Crippen molar-refractivity contribution in [2.24, 2.45) is 0 Å². The molecule has 0 saturated heterocycles. The normalized spacial score (nSPS) is 8.73. The average molecular weight is 310 g/mol. The number of hydrogen-bond donors (Lipinski definition) is 4. The van der Waals surface area contributed by atoms with Crippen LogP contribution in [0, 0.1) is 0 Å². The van der Waals surface area contributed by atoms with Crippen molar-refractivity contribution >= 4 is 11.9 Å². The van der Waals surface area contributed by atoms with Crippen LogP contribution in [0.25, 0.3) is 0 Å². The van der Waals surface area contributed by atoms with Gasteiger partial charge in [0.15, 0.2) is 0 Å². The summed E-state index contributed by atoms with van der Waals surface area (Å²) >= 11 is 0.